The van der Waals surface area contributed by atoms with Crippen LogP contribution in [0.4, 0.5) is 0 Å². The Balaban J connectivity index is 1.83. The SMILES string of the molecule is CN1C[C@@H]([C@@H](O)[C@H](O)[C@H](O)CO)O[C@H]1c1cccc2ccccc12. The molecule has 0 unspecified atom stereocenters. The van der Waals surface area contributed by atoms with Crippen molar-refractivity contribution in [3.8, 4) is 0 Å². The summed E-state index contributed by atoms with van der Waals surface area (Å²) in [5.41, 5.74) is 0.988. The van der Waals surface area contributed by atoms with Crippen molar-refractivity contribution in [3.63, 3.8) is 0 Å². The summed E-state index contributed by atoms with van der Waals surface area (Å²) in [7, 11) is 1.88. The second-order valence-corrected chi connectivity index (χ2v) is 6.27. The fourth-order valence-corrected chi connectivity index (χ4v) is 3.21. The molecule has 2 aromatic rings. The molecule has 0 saturated carbocycles. The molecule has 2 aromatic carbocycles. The first-order chi connectivity index (χ1) is 11.5. The monoisotopic (exact) mass is 333 g/mol. The van der Waals surface area contributed by atoms with Crippen LogP contribution in [-0.4, -0.2) is 69.9 Å². The zero-order chi connectivity index (χ0) is 17.3. The summed E-state index contributed by atoms with van der Waals surface area (Å²) in [5.74, 6) is 0. The van der Waals surface area contributed by atoms with Gasteiger partial charge in [-0.1, -0.05) is 42.5 Å². The van der Waals surface area contributed by atoms with Crippen molar-refractivity contribution < 1.29 is 25.2 Å². The van der Waals surface area contributed by atoms with Gasteiger partial charge in [-0.25, -0.2) is 0 Å². The topological polar surface area (TPSA) is 93.4 Å². The van der Waals surface area contributed by atoms with Crippen molar-refractivity contribution in [2.75, 3.05) is 20.2 Å². The largest absolute Gasteiger partial charge is 0.394 e. The lowest BCUT2D eigenvalue weighted by atomic mass is 10.0. The molecule has 130 valence electrons. The summed E-state index contributed by atoms with van der Waals surface area (Å²) in [6.07, 6.45) is -5.15. The lowest BCUT2D eigenvalue weighted by molar-refractivity contribution is -0.127. The Labute approximate surface area is 140 Å². The van der Waals surface area contributed by atoms with E-state index in [0.29, 0.717) is 6.54 Å². The minimum atomic E-state index is -1.46. The highest BCUT2D eigenvalue weighted by Crippen LogP contribution is 2.34. The third-order valence-corrected chi connectivity index (χ3v) is 4.57. The summed E-state index contributed by atoms with van der Waals surface area (Å²) in [6.45, 7) is -0.211. The minimum Gasteiger partial charge on any atom is -0.394 e. The van der Waals surface area contributed by atoms with E-state index in [9.17, 15) is 15.3 Å². The first kappa shape index (κ1) is 17.3. The maximum atomic E-state index is 10.2. The van der Waals surface area contributed by atoms with Crippen LogP contribution in [0.3, 0.4) is 0 Å². The molecule has 1 aliphatic heterocycles. The van der Waals surface area contributed by atoms with Crippen LogP contribution >= 0.6 is 0 Å². The first-order valence-corrected chi connectivity index (χ1v) is 8.01. The van der Waals surface area contributed by atoms with E-state index in [1.54, 1.807) is 0 Å². The van der Waals surface area contributed by atoms with Crippen LogP contribution in [0.15, 0.2) is 42.5 Å². The van der Waals surface area contributed by atoms with Crippen molar-refractivity contribution in [2.45, 2.75) is 30.6 Å². The van der Waals surface area contributed by atoms with Crippen LogP contribution in [0, 0.1) is 0 Å². The quantitative estimate of drug-likeness (QED) is 0.627. The fourth-order valence-electron chi connectivity index (χ4n) is 3.21. The molecule has 0 bridgehead atoms. The average Bonchev–Trinajstić information content (AvgIpc) is 3.00. The van der Waals surface area contributed by atoms with Gasteiger partial charge in [0.1, 0.15) is 30.6 Å². The molecular formula is C18H23NO5. The van der Waals surface area contributed by atoms with Gasteiger partial charge in [-0.3, -0.25) is 4.90 Å². The smallest absolute Gasteiger partial charge is 0.137 e. The van der Waals surface area contributed by atoms with Crippen molar-refractivity contribution in [1.29, 1.82) is 0 Å². The molecule has 1 heterocycles. The molecule has 0 aliphatic carbocycles. The molecule has 0 radical (unpaired) electrons. The number of aliphatic hydroxyl groups excluding tert-OH is 4. The van der Waals surface area contributed by atoms with Crippen LogP contribution in [0.2, 0.25) is 0 Å². The van der Waals surface area contributed by atoms with Crippen molar-refractivity contribution >= 4 is 10.8 Å². The number of ether oxygens (including phenoxy) is 1. The predicted octanol–water partition coefficient (Wildman–Crippen LogP) is 0.244. The summed E-state index contributed by atoms with van der Waals surface area (Å²) >= 11 is 0. The molecule has 1 saturated heterocycles. The summed E-state index contributed by atoms with van der Waals surface area (Å²) < 4.78 is 5.97. The van der Waals surface area contributed by atoms with E-state index in [0.717, 1.165) is 16.3 Å². The first-order valence-electron chi connectivity index (χ1n) is 8.01. The third kappa shape index (κ3) is 3.17. The second kappa shape index (κ2) is 7.14. The normalized spacial score (nSPS) is 25.7. The number of hydrogen-bond acceptors (Lipinski definition) is 6. The number of nitrogens with zero attached hydrogens (tertiary/aromatic N) is 1. The van der Waals surface area contributed by atoms with E-state index in [4.69, 9.17) is 9.84 Å². The zero-order valence-corrected chi connectivity index (χ0v) is 13.5. The van der Waals surface area contributed by atoms with Crippen LogP contribution in [0.1, 0.15) is 11.8 Å². The highest BCUT2D eigenvalue weighted by molar-refractivity contribution is 5.85. The van der Waals surface area contributed by atoms with Crippen molar-refractivity contribution in [1.82, 2.24) is 4.90 Å². The minimum absolute atomic E-state index is 0.353. The molecule has 1 aliphatic rings. The van der Waals surface area contributed by atoms with Gasteiger partial charge in [0.25, 0.3) is 0 Å². The Morgan fingerprint density at radius 3 is 2.58 bits per heavy atom. The van der Waals surface area contributed by atoms with Gasteiger partial charge in [0.2, 0.25) is 0 Å². The van der Waals surface area contributed by atoms with Gasteiger partial charge in [-0.05, 0) is 17.8 Å². The molecule has 4 N–H and O–H groups in total. The summed E-state index contributed by atoms with van der Waals surface area (Å²) in [5, 5.41) is 40.8. The highest BCUT2D eigenvalue weighted by atomic mass is 16.5. The maximum absolute atomic E-state index is 10.2. The number of hydrogen-bond donors (Lipinski definition) is 4. The number of rotatable bonds is 5. The van der Waals surface area contributed by atoms with Gasteiger partial charge in [0.15, 0.2) is 0 Å². The lowest BCUT2D eigenvalue weighted by Crippen LogP contribution is -2.47. The molecule has 24 heavy (non-hydrogen) atoms. The number of fused-ring (bicyclic) bond motifs is 1. The van der Waals surface area contributed by atoms with E-state index >= 15 is 0 Å². The van der Waals surface area contributed by atoms with Gasteiger partial charge in [0.05, 0.1) is 6.61 Å². The van der Waals surface area contributed by atoms with Crippen LogP contribution in [0.5, 0.6) is 0 Å². The van der Waals surface area contributed by atoms with Crippen molar-refractivity contribution in [2.24, 2.45) is 0 Å². The lowest BCUT2D eigenvalue weighted by Gasteiger charge is -2.25. The third-order valence-electron chi connectivity index (χ3n) is 4.57. The van der Waals surface area contributed by atoms with Crippen LogP contribution in [0.25, 0.3) is 10.8 Å². The average molecular weight is 333 g/mol. The molecule has 1 fully saturated rings. The van der Waals surface area contributed by atoms with Gasteiger partial charge in [0, 0.05) is 12.1 Å². The maximum Gasteiger partial charge on any atom is 0.137 e. The Kier molecular flexibility index (Phi) is 5.15. The molecule has 6 heteroatoms. The fraction of sp³-hybridized carbons (Fsp3) is 0.444. The molecular weight excluding hydrogens is 310 g/mol. The van der Waals surface area contributed by atoms with Crippen LogP contribution < -0.4 is 0 Å². The van der Waals surface area contributed by atoms with Gasteiger partial charge < -0.3 is 25.2 Å². The number of likely N-dealkylation sites (N-methyl/N-ethyl adjacent to an activating group) is 1. The van der Waals surface area contributed by atoms with E-state index in [2.05, 4.69) is 0 Å². The zero-order valence-electron chi connectivity index (χ0n) is 13.5. The molecule has 0 spiro atoms. The molecule has 5 atom stereocenters. The van der Waals surface area contributed by atoms with Crippen LogP contribution in [-0.2, 0) is 4.74 Å². The summed E-state index contributed by atoms with van der Waals surface area (Å²) in [6, 6.07) is 14.0. The predicted molar refractivity (Wildman–Crippen MR) is 89.3 cm³/mol. The van der Waals surface area contributed by atoms with Gasteiger partial charge in [-0.15, -0.1) is 0 Å². The standard InChI is InChI=1S/C18H23NO5/c1-19-9-15(17(23)16(22)14(21)10-20)24-18(19)13-8-4-6-11-5-2-3-7-12(11)13/h2-8,14-18,20-23H,9-10H2,1H3/t14-,15+,16-,17-,18+/m1/s1. The Morgan fingerprint density at radius 1 is 1.12 bits per heavy atom. The Morgan fingerprint density at radius 2 is 1.83 bits per heavy atom. The van der Waals surface area contributed by atoms with E-state index < -0.39 is 31.0 Å². The van der Waals surface area contributed by atoms with Crippen molar-refractivity contribution in [3.05, 3.63) is 48.0 Å². The summed E-state index contributed by atoms with van der Waals surface area (Å²) in [4.78, 5) is 1.95. The van der Waals surface area contributed by atoms with E-state index in [1.165, 1.54) is 0 Å². The molecule has 3 rings (SSSR count). The van der Waals surface area contributed by atoms with Gasteiger partial charge in [-0.2, -0.15) is 0 Å². The Hall–Kier alpha value is -1.54. The van der Waals surface area contributed by atoms with E-state index in [-0.39, 0.29) is 6.23 Å². The molecule has 0 amide bonds. The number of aliphatic hydroxyl groups is 4. The van der Waals surface area contributed by atoms with E-state index in [1.807, 2.05) is 54.4 Å². The highest BCUT2D eigenvalue weighted by Gasteiger charge is 2.40. The molecule has 0 aromatic heterocycles. The van der Waals surface area contributed by atoms with Gasteiger partial charge >= 0.3 is 0 Å². The molecule has 6 nitrogen and oxygen atoms in total. The number of benzene rings is 2. The Bertz CT molecular complexity index is 689. The second-order valence-electron chi connectivity index (χ2n) is 6.27.